The van der Waals surface area contributed by atoms with Crippen LogP contribution in [0.3, 0.4) is 0 Å². The number of aryl methyl sites for hydroxylation is 1. The van der Waals surface area contributed by atoms with Gasteiger partial charge in [-0.1, -0.05) is 18.9 Å². The molecule has 2 heterocycles. The maximum absolute atomic E-state index is 4.65. The Bertz CT molecular complexity index is 555. The Morgan fingerprint density at radius 2 is 2.15 bits per heavy atom. The molecule has 1 N–H and O–H groups in total. The van der Waals surface area contributed by atoms with E-state index in [1.807, 2.05) is 25.4 Å². The van der Waals surface area contributed by atoms with Crippen molar-refractivity contribution in [3.05, 3.63) is 42.0 Å². The Hall–Kier alpha value is -1.84. The van der Waals surface area contributed by atoms with Crippen molar-refractivity contribution in [3.8, 4) is 0 Å². The van der Waals surface area contributed by atoms with Gasteiger partial charge < -0.3 is 9.88 Å². The largest absolute Gasteiger partial charge is 0.353 e. The first kappa shape index (κ1) is 13.2. The van der Waals surface area contributed by atoms with E-state index < -0.39 is 0 Å². The van der Waals surface area contributed by atoms with Crippen LogP contribution < -0.4 is 5.32 Å². The molecule has 1 aliphatic rings. The molecule has 0 radical (unpaired) electrons. The van der Waals surface area contributed by atoms with Crippen molar-refractivity contribution >= 4 is 5.95 Å². The van der Waals surface area contributed by atoms with Gasteiger partial charge in [0.2, 0.25) is 5.95 Å². The highest BCUT2D eigenvalue weighted by Crippen LogP contribution is 2.26. The van der Waals surface area contributed by atoms with E-state index in [2.05, 4.69) is 39.0 Å². The van der Waals surface area contributed by atoms with Crippen LogP contribution in [0.15, 0.2) is 30.7 Å². The van der Waals surface area contributed by atoms with Gasteiger partial charge in [-0.05, 0) is 38.3 Å². The normalized spacial score (nSPS) is 17.3. The van der Waals surface area contributed by atoms with Crippen LogP contribution in [0.5, 0.6) is 0 Å². The molecule has 4 heteroatoms. The molecule has 1 atom stereocenters. The van der Waals surface area contributed by atoms with Gasteiger partial charge in [-0.2, -0.15) is 0 Å². The number of nitrogens with one attached hydrogen (secondary N) is 1. The molecular weight excluding hydrogens is 248 g/mol. The van der Waals surface area contributed by atoms with Gasteiger partial charge in [0.15, 0.2) is 0 Å². The van der Waals surface area contributed by atoms with Gasteiger partial charge >= 0.3 is 0 Å². The Balaban J connectivity index is 1.85. The monoisotopic (exact) mass is 270 g/mol. The van der Waals surface area contributed by atoms with E-state index in [1.54, 1.807) is 0 Å². The van der Waals surface area contributed by atoms with Crippen LogP contribution in [0, 0.1) is 6.92 Å². The highest BCUT2D eigenvalue weighted by Gasteiger charge is 2.19. The third-order valence-corrected chi connectivity index (χ3v) is 4.13. The van der Waals surface area contributed by atoms with Crippen molar-refractivity contribution in [2.75, 3.05) is 5.32 Å². The molecule has 0 saturated heterocycles. The molecule has 1 saturated carbocycles. The number of anilines is 1. The lowest BCUT2D eigenvalue weighted by Gasteiger charge is -2.19. The summed E-state index contributed by atoms with van der Waals surface area (Å²) in [6.45, 7) is 4.24. The second-order valence-electron chi connectivity index (χ2n) is 5.70. The van der Waals surface area contributed by atoms with Crippen LogP contribution in [0.2, 0.25) is 0 Å². The van der Waals surface area contributed by atoms with Crippen molar-refractivity contribution in [1.29, 1.82) is 0 Å². The average Bonchev–Trinajstić information content (AvgIpc) is 3.09. The van der Waals surface area contributed by atoms with E-state index in [9.17, 15) is 0 Å². The molecule has 106 valence electrons. The van der Waals surface area contributed by atoms with Crippen LogP contribution in [0.1, 0.15) is 49.9 Å². The number of hydrogen-bond acceptors (Lipinski definition) is 3. The SMILES string of the molecule is Cc1cn(C(C)c2cccnc2)c(NC2CCCC2)n1. The summed E-state index contributed by atoms with van der Waals surface area (Å²) in [5, 5.41) is 3.61. The van der Waals surface area contributed by atoms with Crippen molar-refractivity contribution < 1.29 is 0 Å². The van der Waals surface area contributed by atoms with Crippen LogP contribution >= 0.6 is 0 Å². The maximum Gasteiger partial charge on any atom is 0.203 e. The quantitative estimate of drug-likeness (QED) is 0.924. The third kappa shape index (κ3) is 2.69. The first-order valence-electron chi connectivity index (χ1n) is 7.46. The molecule has 0 aliphatic heterocycles. The number of nitrogens with zero attached hydrogens (tertiary/aromatic N) is 3. The Labute approximate surface area is 120 Å². The standard InChI is InChI=1S/C16H22N4/c1-12-11-20(13(2)14-6-5-9-17-10-14)16(18-12)19-15-7-3-4-8-15/h5-6,9-11,13,15H,3-4,7-8H2,1-2H3,(H,18,19). The third-order valence-electron chi connectivity index (χ3n) is 4.13. The second kappa shape index (κ2) is 5.65. The molecule has 2 aromatic rings. The van der Waals surface area contributed by atoms with Crippen molar-refractivity contribution in [3.63, 3.8) is 0 Å². The van der Waals surface area contributed by atoms with Crippen LogP contribution in [0.25, 0.3) is 0 Å². The summed E-state index contributed by atoms with van der Waals surface area (Å²) in [5.74, 6) is 0.991. The molecule has 1 aliphatic carbocycles. The van der Waals surface area contributed by atoms with Gasteiger partial charge in [0, 0.05) is 24.6 Å². The first-order chi connectivity index (χ1) is 9.74. The van der Waals surface area contributed by atoms with Crippen molar-refractivity contribution in [1.82, 2.24) is 14.5 Å². The summed E-state index contributed by atoms with van der Waals surface area (Å²) in [4.78, 5) is 8.87. The fraction of sp³-hybridized carbons (Fsp3) is 0.500. The summed E-state index contributed by atoms with van der Waals surface area (Å²) in [6, 6.07) is 4.93. The van der Waals surface area contributed by atoms with Crippen LogP contribution in [0.4, 0.5) is 5.95 Å². The number of imidazole rings is 1. The number of aromatic nitrogens is 3. The van der Waals surface area contributed by atoms with E-state index in [1.165, 1.54) is 31.2 Å². The minimum Gasteiger partial charge on any atom is -0.353 e. The molecule has 0 amide bonds. The smallest absolute Gasteiger partial charge is 0.203 e. The van der Waals surface area contributed by atoms with Crippen LogP contribution in [-0.2, 0) is 0 Å². The molecule has 3 rings (SSSR count). The lowest BCUT2D eigenvalue weighted by Crippen LogP contribution is -2.19. The molecule has 1 unspecified atom stereocenters. The zero-order valence-electron chi connectivity index (χ0n) is 12.2. The van der Waals surface area contributed by atoms with Crippen LogP contribution in [-0.4, -0.2) is 20.6 Å². The van der Waals surface area contributed by atoms with Gasteiger partial charge in [-0.3, -0.25) is 4.98 Å². The summed E-state index contributed by atoms with van der Waals surface area (Å²) < 4.78 is 2.23. The predicted molar refractivity (Wildman–Crippen MR) is 80.9 cm³/mol. The molecule has 4 nitrogen and oxygen atoms in total. The maximum atomic E-state index is 4.65. The van der Waals surface area contributed by atoms with Crippen molar-refractivity contribution in [2.45, 2.75) is 51.6 Å². The van der Waals surface area contributed by atoms with Gasteiger partial charge in [0.25, 0.3) is 0 Å². The summed E-state index contributed by atoms with van der Waals surface area (Å²) in [5.41, 5.74) is 2.26. The van der Waals surface area contributed by atoms with E-state index >= 15 is 0 Å². The van der Waals surface area contributed by atoms with Gasteiger partial charge in [-0.25, -0.2) is 4.98 Å². The topological polar surface area (TPSA) is 42.7 Å². The Kier molecular flexibility index (Phi) is 3.72. The molecule has 0 aromatic carbocycles. The molecular formula is C16H22N4. The Morgan fingerprint density at radius 1 is 1.35 bits per heavy atom. The summed E-state index contributed by atoms with van der Waals surface area (Å²) in [7, 11) is 0. The second-order valence-corrected chi connectivity index (χ2v) is 5.70. The highest BCUT2D eigenvalue weighted by atomic mass is 15.2. The minimum atomic E-state index is 0.244. The fourth-order valence-electron chi connectivity index (χ4n) is 2.95. The lowest BCUT2D eigenvalue weighted by molar-refractivity contribution is 0.628. The molecule has 20 heavy (non-hydrogen) atoms. The average molecular weight is 270 g/mol. The minimum absolute atomic E-state index is 0.244. The van der Waals surface area contributed by atoms with E-state index in [4.69, 9.17) is 0 Å². The summed E-state index contributed by atoms with van der Waals surface area (Å²) in [6.07, 6.45) is 11.0. The number of rotatable bonds is 4. The van der Waals surface area contributed by atoms with Crippen molar-refractivity contribution in [2.24, 2.45) is 0 Å². The van der Waals surface area contributed by atoms with E-state index in [-0.39, 0.29) is 6.04 Å². The van der Waals surface area contributed by atoms with Gasteiger partial charge in [0.1, 0.15) is 0 Å². The zero-order valence-corrected chi connectivity index (χ0v) is 12.2. The first-order valence-corrected chi connectivity index (χ1v) is 7.46. The number of hydrogen-bond donors (Lipinski definition) is 1. The fourth-order valence-corrected chi connectivity index (χ4v) is 2.95. The van der Waals surface area contributed by atoms with E-state index in [0.29, 0.717) is 6.04 Å². The van der Waals surface area contributed by atoms with Gasteiger partial charge in [0.05, 0.1) is 11.7 Å². The zero-order chi connectivity index (χ0) is 13.9. The molecule has 2 aromatic heterocycles. The molecule has 0 bridgehead atoms. The van der Waals surface area contributed by atoms with Gasteiger partial charge in [-0.15, -0.1) is 0 Å². The highest BCUT2D eigenvalue weighted by molar-refractivity contribution is 5.33. The Morgan fingerprint density at radius 3 is 2.85 bits per heavy atom. The molecule has 1 fully saturated rings. The predicted octanol–water partition coefficient (Wildman–Crippen LogP) is 3.55. The molecule has 0 spiro atoms. The lowest BCUT2D eigenvalue weighted by atomic mass is 10.1. The summed E-state index contributed by atoms with van der Waals surface area (Å²) >= 11 is 0. The van der Waals surface area contributed by atoms with E-state index in [0.717, 1.165) is 11.6 Å². The number of pyridine rings is 1.